The fourth-order valence-electron chi connectivity index (χ4n) is 5.12. The van der Waals surface area contributed by atoms with E-state index in [-0.39, 0.29) is 23.2 Å². The zero-order chi connectivity index (χ0) is 23.7. The van der Waals surface area contributed by atoms with Crippen LogP contribution in [0.1, 0.15) is 61.4 Å². The first kappa shape index (κ1) is 23.4. The van der Waals surface area contributed by atoms with Crippen LogP contribution in [0.4, 0.5) is 5.69 Å². The molecular formula is C27H33NO5S. The van der Waals surface area contributed by atoms with Crippen LogP contribution in [0.25, 0.3) is 0 Å². The standard InChI is InChI=1S/C27H33NO5S/c1-2-19-6-8-22(9-7-19)28(18-20-4-3-5-20)34(30,31)23-10-11-26-24(16-23)25(29)17-27(33-26)21-12-14-32-15-13-21/h6-11,16,20-21,27H,2-5,12-15,17-18H2,1H3. The molecule has 2 fully saturated rings. The Kier molecular flexibility index (Phi) is 6.67. The Bertz CT molecular complexity index is 1130. The predicted octanol–water partition coefficient (Wildman–Crippen LogP) is 5.00. The molecule has 0 radical (unpaired) electrons. The Morgan fingerprint density at radius 3 is 2.38 bits per heavy atom. The molecule has 3 aliphatic rings. The number of benzene rings is 2. The number of hydrogen-bond acceptors (Lipinski definition) is 5. The van der Waals surface area contributed by atoms with E-state index < -0.39 is 10.0 Å². The van der Waals surface area contributed by atoms with Gasteiger partial charge < -0.3 is 9.47 Å². The highest BCUT2D eigenvalue weighted by Crippen LogP contribution is 2.37. The quantitative estimate of drug-likeness (QED) is 0.554. The molecule has 0 aromatic heterocycles. The Morgan fingerprint density at radius 1 is 1.00 bits per heavy atom. The van der Waals surface area contributed by atoms with Crippen LogP contribution in [-0.2, 0) is 21.2 Å². The topological polar surface area (TPSA) is 72.9 Å². The van der Waals surface area contributed by atoms with Crippen LogP contribution >= 0.6 is 0 Å². The second-order valence-electron chi connectivity index (χ2n) is 9.74. The highest BCUT2D eigenvalue weighted by Gasteiger charge is 2.35. The lowest BCUT2D eigenvalue weighted by Crippen LogP contribution is -2.38. The summed E-state index contributed by atoms with van der Waals surface area (Å²) >= 11 is 0. The third kappa shape index (κ3) is 4.60. The molecule has 2 aliphatic heterocycles. The molecule has 0 spiro atoms. The van der Waals surface area contributed by atoms with Crippen molar-refractivity contribution >= 4 is 21.5 Å². The van der Waals surface area contributed by atoms with E-state index in [2.05, 4.69) is 6.92 Å². The van der Waals surface area contributed by atoms with Crippen LogP contribution in [0.15, 0.2) is 47.4 Å². The average Bonchev–Trinajstić information content (AvgIpc) is 2.83. The fourth-order valence-corrected chi connectivity index (χ4v) is 6.68. The molecule has 2 heterocycles. The van der Waals surface area contributed by atoms with Gasteiger partial charge in [0.15, 0.2) is 5.78 Å². The van der Waals surface area contributed by atoms with Gasteiger partial charge in [-0.2, -0.15) is 0 Å². The zero-order valence-electron chi connectivity index (χ0n) is 19.7. The summed E-state index contributed by atoms with van der Waals surface area (Å²) in [4.78, 5) is 13.2. The summed E-state index contributed by atoms with van der Waals surface area (Å²) < 4.78 is 40.8. The molecule has 6 nitrogen and oxygen atoms in total. The Labute approximate surface area is 202 Å². The lowest BCUT2D eigenvalue weighted by atomic mass is 9.85. The molecule has 2 aromatic carbocycles. The number of carbonyl (C=O) groups is 1. The minimum Gasteiger partial charge on any atom is -0.489 e. The van der Waals surface area contributed by atoms with Gasteiger partial charge in [0.05, 0.1) is 16.1 Å². The minimum absolute atomic E-state index is 0.0485. The maximum Gasteiger partial charge on any atom is 0.264 e. The lowest BCUT2D eigenvalue weighted by Gasteiger charge is -2.34. The van der Waals surface area contributed by atoms with Crippen LogP contribution in [-0.4, -0.2) is 40.1 Å². The molecule has 2 aromatic rings. The van der Waals surface area contributed by atoms with Gasteiger partial charge in [-0.1, -0.05) is 25.5 Å². The van der Waals surface area contributed by atoms with Crippen molar-refractivity contribution in [3.63, 3.8) is 0 Å². The summed E-state index contributed by atoms with van der Waals surface area (Å²) in [5.41, 5.74) is 2.21. The number of nitrogens with zero attached hydrogens (tertiary/aromatic N) is 1. The van der Waals surface area contributed by atoms with Crippen LogP contribution < -0.4 is 9.04 Å². The number of carbonyl (C=O) groups excluding carboxylic acids is 1. The predicted molar refractivity (Wildman–Crippen MR) is 131 cm³/mol. The van der Waals surface area contributed by atoms with Crippen molar-refractivity contribution in [1.82, 2.24) is 0 Å². The molecule has 182 valence electrons. The fraction of sp³-hybridized carbons (Fsp3) is 0.519. The van der Waals surface area contributed by atoms with Crippen LogP contribution in [0, 0.1) is 11.8 Å². The average molecular weight is 484 g/mol. The zero-order valence-corrected chi connectivity index (χ0v) is 20.6. The summed E-state index contributed by atoms with van der Waals surface area (Å²) in [6.07, 6.45) is 6.01. The molecule has 5 rings (SSSR count). The third-order valence-electron chi connectivity index (χ3n) is 7.58. The highest BCUT2D eigenvalue weighted by atomic mass is 32.2. The summed E-state index contributed by atoms with van der Waals surface area (Å²) in [5.74, 6) is 1.10. The first-order valence-electron chi connectivity index (χ1n) is 12.5. The van der Waals surface area contributed by atoms with E-state index >= 15 is 0 Å². The molecule has 1 atom stereocenters. The van der Waals surface area contributed by atoms with Crippen molar-refractivity contribution in [2.45, 2.75) is 62.9 Å². The molecule has 1 saturated heterocycles. The first-order valence-corrected chi connectivity index (χ1v) is 13.9. The number of anilines is 1. The van der Waals surface area contributed by atoms with Crippen LogP contribution in [0.2, 0.25) is 0 Å². The monoisotopic (exact) mass is 483 g/mol. The van der Waals surface area contributed by atoms with E-state index in [4.69, 9.17) is 9.47 Å². The van der Waals surface area contributed by atoms with Gasteiger partial charge in [0.25, 0.3) is 10.0 Å². The maximum absolute atomic E-state index is 13.8. The van der Waals surface area contributed by atoms with Crippen molar-refractivity contribution in [3.05, 3.63) is 53.6 Å². The molecule has 7 heteroatoms. The molecule has 0 amide bonds. The Hall–Kier alpha value is -2.38. The number of aryl methyl sites for hydroxylation is 1. The molecule has 1 saturated carbocycles. The van der Waals surface area contributed by atoms with Crippen molar-refractivity contribution in [3.8, 4) is 5.75 Å². The van der Waals surface area contributed by atoms with E-state index in [0.717, 1.165) is 38.5 Å². The summed E-state index contributed by atoms with van der Waals surface area (Å²) in [5, 5.41) is 0. The first-order chi connectivity index (χ1) is 16.5. The normalized spacial score (nSPS) is 21.4. The second-order valence-corrected chi connectivity index (χ2v) is 11.6. The summed E-state index contributed by atoms with van der Waals surface area (Å²) in [6.45, 7) is 3.93. The van der Waals surface area contributed by atoms with Gasteiger partial charge in [0.2, 0.25) is 0 Å². The van der Waals surface area contributed by atoms with E-state index in [0.29, 0.717) is 48.6 Å². The molecular weight excluding hydrogens is 450 g/mol. The third-order valence-corrected chi connectivity index (χ3v) is 9.37. The van der Waals surface area contributed by atoms with Crippen LogP contribution in [0.3, 0.4) is 0 Å². The van der Waals surface area contributed by atoms with Crippen molar-refractivity contribution < 1.29 is 22.7 Å². The van der Waals surface area contributed by atoms with Gasteiger partial charge in [0, 0.05) is 32.1 Å². The highest BCUT2D eigenvalue weighted by molar-refractivity contribution is 7.92. The molecule has 34 heavy (non-hydrogen) atoms. The van der Waals surface area contributed by atoms with Crippen LogP contribution in [0.5, 0.6) is 5.75 Å². The number of Topliss-reactive ketones (excluding diaryl/α,β-unsaturated/α-hetero) is 1. The van der Waals surface area contributed by atoms with E-state index in [1.54, 1.807) is 12.1 Å². The molecule has 0 bridgehead atoms. The van der Waals surface area contributed by atoms with Gasteiger partial charge in [-0.3, -0.25) is 9.10 Å². The Morgan fingerprint density at radius 2 is 1.74 bits per heavy atom. The van der Waals surface area contributed by atoms with E-state index in [1.165, 1.54) is 15.9 Å². The molecule has 0 N–H and O–H groups in total. The van der Waals surface area contributed by atoms with Gasteiger partial charge in [-0.25, -0.2) is 8.42 Å². The number of fused-ring (bicyclic) bond motifs is 1. The summed E-state index contributed by atoms with van der Waals surface area (Å²) in [7, 11) is -3.83. The van der Waals surface area contributed by atoms with Crippen molar-refractivity contribution in [2.75, 3.05) is 24.1 Å². The number of hydrogen-bond donors (Lipinski definition) is 0. The van der Waals surface area contributed by atoms with E-state index in [9.17, 15) is 13.2 Å². The Balaban J connectivity index is 1.44. The van der Waals surface area contributed by atoms with Gasteiger partial charge in [-0.05, 0) is 73.9 Å². The van der Waals surface area contributed by atoms with E-state index in [1.807, 2.05) is 24.3 Å². The van der Waals surface area contributed by atoms with Crippen molar-refractivity contribution in [2.24, 2.45) is 11.8 Å². The van der Waals surface area contributed by atoms with Gasteiger partial charge in [0.1, 0.15) is 11.9 Å². The van der Waals surface area contributed by atoms with Crippen molar-refractivity contribution in [1.29, 1.82) is 0 Å². The van der Waals surface area contributed by atoms with Gasteiger partial charge >= 0.3 is 0 Å². The lowest BCUT2D eigenvalue weighted by molar-refractivity contribution is 0.0119. The smallest absolute Gasteiger partial charge is 0.264 e. The SMILES string of the molecule is CCc1ccc(N(CC2CCC2)S(=O)(=O)c2ccc3c(c2)C(=O)CC(C2CCOCC2)O3)cc1. The number of ketones is 1. The largest absolute Gasteiger partial charge is 0.489 e. The number of rotatable bonds is 7. The minimum atomic E-state index is -3.83. The number of ether oxygens (including phenoxy) is 2. The van der Waals surface area contributed by atoms with Gasteiger partial charge in [-0.15, -0.1) is 0 Å². The molecule has 1 aliphatic carbocycles. The maximum atomic E-state index is 13.8. The second kappa shape index (κ2) is 9.70. The molecule has 1 unspecified atom stereocenters. The summed E-state index contributed by atoms with van der Waals surface area (Å²) in [6, 6.07) is 12.5. The number of sulfonamides is 1.